The Hall–Kier alpha value is -0.860. The minimum absolute atomic E-state index is 0.222. The molecule has 2 rings (SSSR count). The lowest BCUT2D eigenvalue weighted by Crippen LogP contribution is -2.14. The summed E-state index contributed by atoms with van der Waals surface area (Å²) in [6.45, 7) is 3.60. The molecule has 0 radical (unpaired) electrons. The summed E-state index contributed by atoms with van der Waals surface area (Å²) in [5, 5.41) is 0. The van der Waals surface area contributed by atoms with Crippen LogP contribution in [0.1, 0.15) is 12.5 Å². The Labute approximate surface area is 78.5 Å². The Morgan fingerprint density at radius 1 is 1.46 bits per heavy atom. The van der Waals surface area contributed by atoms with E-state index in [1.165, 1.54) is 5.56 Å². The van der Waals surface area contributed by atoms with Gasteiger partial charge in [-0.15, -0.1) is 0 Å². The summed E-state index contributed by atoms with van der Waals surface area (Å²) in [6, 6.07) is 10.2. The fraction of sp³-hybridized carbons (Fsp3) is 0.455. The van der Waals surface area contributed by atoms with E-state index in [-0.39, 0.29) is 6.10 Å². The zero-order valence-corrected chi connectivity index (χ0v) is 7.77. The van der Waals surface area contributed by atoms with Crippen LogP contribution in [0.4, 0.5) is 0 Å². The first kappa shape index (κ1) is 8.73. The molecular formula is C11H14O2. The van der Waals surface area contributed by atoms with E-state index >= 15 is 0 Å². The molecule has 0 saturated carbocycles. The van der Waals surface area contributed by atoms with Crippen molar-refractivity contribution in [2.75, 3.05) is 6.61 Å². The first-order valence-corrected chi connectivity index (χ1v) is 4.63. The Balaban J connectivity index is 1.78. The van der Waals surface area contributed by atoms with Crippen LogP contribution in [0.2, 0.25) is 0 Å². The average Bonchev–Trinajstić information content (AvgIpc) is 2.99. The molecule has 0 aromatic heterocycles. The van der Waals surface area contributed by atoms with Crippen molar-refractivity contribution in [3.05, 3.63) is 35.9 Å². The third kappa shape index (κ3) is 2.54. The molecule has 0 aliphatic carbocycles. The van der Waals surface area contributed by atoms with Crippen LogP contribution in [0.3, 0.4) is 0 Å². The first-order valence-electron chi connectivity index (χ1n) is 4.63. The molecule has 1 aliphatic rings. The minimum atomic E-state index is 0.222. The standard InChI is InChI=1S/C11H14O2/c1-9(11-8-13-11)12-7-10-5-3-2-4-6-10/h2-6,9,11H,7-8H2,1H3. The Morgan fingerprint density at radius 3 is 2.77 bits per heavy atom. The number of rotatable bonds is 4. The fourth-order valence-electron chi connectivity index (χ4n) is 1.24. The van der Waals surface area contributed by atoms with Crippen molar-refractivity contribution < 1.29 is 9.47 Å². The maximum absolute atomic E-state index is 5.63. The molecule has 1 aromatic carbocycles. The molecule has 1 fully saturated rings. The Kier molecular flexibility index (Phi) is 2.62. The topological polar surface area (TPSA) is 21.8 Å². The monoisotopic (exact) mass is 178 g/mol. The first-order chi connectivity index (χ1) is 6.36. The second-order valence-electron chi connectivity index (χ2n) is 3.37. The summed E-state index contributed by atoms with van der Waals surface area (Å²) < 4.78 is 10.8. The largest absolute Gasteiger partial charge is 0.371 e. The van der Waals surface area contributed by atoms with Crippen molar-refractivity contribution in [3.63, 3.8) is 0 Å². The van der Waals surface area contributed by atoms with Crippen molar-refractivity contribution >= 4 is 0 Å². The van der Waals surface area contributed by atoms with Crippen LogP contribution in [0.5, 0.6) is 0 Å². The highest BCUT2D eigenvalue weighted by atomic mass is 16.6. The number of benzene rings is 1. The van der Waals surface area contributed by atoms with Crippen molar-refractivity contribution in [1.29, 1.82) is 0 Å². The fourth-order valence-corrected chi connectivity index (χ4v) is 1.24. The van der Waals surface area contributed by atoms with E-state index in [0.29, 0.717) is 12.7 Å². The van der Waals surface area contributed by atoms with Crippen LogP contribution in [-0.2, 0) is 16.1 Å². The normalized spacial score (nSPS) is 22.7. The van der Waals surface area contributed by atoms with Gasteiger partial charge >= 0.3 is 0 Å². The molecule has 1 saturated heterocycles. The lowest BCUT2D eigenvalue weighted by atomic mass is 10.2. The third-order valence-corrected chi connectivity index (χ3v) is 2.24. The molecule has 0 spiro atoms. The predicted molar refractivity (Wildman–Crippen MR) is 50.4 cm³/mol. The molecule has 2 heteroatoms. The third-order valence-electron chi connectivity index (χ3n) is 2.24. The Morgan fingerprint density at radius 2 is 2.15 bits per heavy atom. The molecule has 70 valence electrons. The maximum atomic E-state index is 5.63. The average molecular weight is 178 g/mol. The van der Waals surface area contributed by atoms with Crippen molar-refractivity contribution in [2.24, 2.45) is 0 Å². The van der Waals surface area contributed by atoms with E-state index in [9.17, 15) is 0 Å². The van der Waals surface area contributed by atoms with Gasteiger partial charge in [0, 0.05) is 0 Å². The summed E-state index contributed by atoms with van der Waals surface area (Å²) in [7, 11) is 0. The molecule has 0 bridgehead atoms. The van der Waals surface area contributed by atoms with Gasteiger partial charge in [-0.05, 0) is 12.5 Å². The van der Waals surface area contributed by atoms with E-state index in [1.54, 1.807) is 0 Å². The number of hydrogen-bond donors (Lipinski definition) is 0. The van der Waals surface area contributed by atoms with Crippen molar-refractivity contribution in [1.82, 2.24) is 0 Å². The van der Waals surface area contributed by atoms with Gasteiger partial charge in [-0.1, -0.05) is 30.3 Å². The summed E-state index contributed by atoms with van der Waals surface area (Å²) >= 11 is 0. The second-order valence-corrected chi connectivity index (χ2v) is 3.37. The molecule has 2 unspecified atom stereocenters. The second kappa shape index (κ2) is 3.90. The highest BCUT2D eigenvalue weighted by Gasteiger charge is 2.29. The van der Waals surface area contributed by atoms with Gasteiger partial charge in [0.2, 0.25) is 0 Å². The zero-order chi connectivity index (χ0) is 9.10. The molecular weight excluding hydrogens is 164 g/mol. The maximum Gasteiger partial charge on any atom is 0.107 e. The quantitative estimate of drug-likeness (QED) is 0.658. The van der Waals surface area contributed by atoms with Gasteiger partial charge in [0.1, 0.15) is 6.10 Å². The Bertz CT molecular complexity index is 254. The molecule has 2 nitrogen and oxygen atoms in total. The van der Waals surface area contributed by atoms with E-state index in [4.69, 9.17) is 9.47 Å². The molecule has 1 heterocycles. The van der Waals surface area contributed by atoms with Crippen LogP contribution < -0.4 is 0 Å². The van der Waals surface area contributed by atoms with Gasteiger partial charge in [0.25, 0.3) is 0 Å². The number of ether oxygens (including phenoxy) is 2. The number of epoxide rings is 1. The molecule has 13 heavy (non-hydrogen) atoms. The van der Waals surface area contributed by atoms with E-state index < -0.39 is 0 Å². The summed E-state index contributed by atoms with van der Waals surface area (Å²) in [5.41, 5.74) is 1.22. The molecule has 2 atom stereocenters. The SMILES string of the molecule is CC(OCc1ccccc1)C1CO1. The molecule has 0 N–H and O–H groups in total. The lowest BCUT2D eigenvalue weighted by molar-refractivity contribution is 0.0340. The summed E-state index contributed by atoms with van der Waals surface area (Å²) in [6.07, 6.45) is 0.559. The summed E-state index contributed by atoms with van der Waals surface area (Å²) in [5.74, 6) is 0. The van der Waals surface area contributed by atoms with Crippen LogP contribution in [0, 0.1) is 0 Å². The molecule has 1 aromatic rings. The lowest BCUT2D eigenvalue weighted by Gasteiger charge is -2.09. The van der Waals surface area contributed by atoms with E-state index in [1.807, 2.05) is 18.2 Å². The van der Waals surface area contributed by atoms with Gasteiger partial charge in [-0.2, -0.15) is 0 Å². The highest BCUT2D eigenvalue weighted by molar-refractivity contribution is 5.13. The predicted octanol–water partition coefficient (Wildman–Crippen LogP) is 1.99. The molecule has 1 aliphatic heterocycles. The van der Waals surface area contributed by atoms with Crippen LogP contribution in [0.15, 0.2) is 30.3 Å². The van der Waals surface area contributed by atoms with Crippen molar-refractivity contribution in [3.8, 4) is 0 Å². The smallest absolute Gasteiger partial charge is 0.107 e. The van der Waals surface area contributed by atoms with Gasteiger partial charge in [-0.25, -0.2) is 0 Å². The van der Waals surface area contributed by atoms with E-state index in [0.717, 1.165) is 6.61 Å². The number of hydrogen-bond acceptors (Lipinski definition) is 2. The van der Waals surface area contributed by atoms with Gasteiger partial charge in [0.05, 0.1) is 19.3 Å². The van der Waals surface area contributed by atoms with Gasteiger partial charge < -0.3 is 9.47 Å². The van der Waals surface area contributed by atoms with E-state index in [2.05, 4.69) is 19.1 Å². The van der Waals surface area contributed by atoms with Crippen LogP contribution >= 0.6 is 0 Å². The van der Waals surface area contributed by atoms with Crippen molar-refractivity contribution in [2.45, 2.75) is 25.7 Å². The van der Waals surface area contributed by atoms with Crippen LogP contribution in [0.25, 0.3) is 0 Å². The van der Waals surface area contributed by atoms with Gasteiger partial charge in [-0.3, -0.25) is 0 Å². The molecule has 0 amide bonds. The zero-order valence-electron chi connectivity index (χ0n) is 7.77. The highest BCUT2D eigenvalue weighted by Crippen LogP contribution is 2.17. The van der Waals surface area contributed by atoms with Crippen LogP contribution in [-0.4, -0.2) is 18.8 Å². The summed E-state index contributed by atoms with van der Waals surface area (Å²) in [4.78, 5) is 0. The van der Waals surface area contributed by atoms with Gasteiger partial charge in [0.15, 0.2) is 0 Å². The minimum Gasteiger partial charge on any atom is -0.371 e.